The highest BCUT2D eigenvalue weighted by molar-refractivity contribution is 5.73. The second-order valence-corrected chi connectivity index (χ2v) is 7.24. The van der Waals surface area contributed by atoms with Gasteiger partial charge in [-0.1, -0.05) is 6.08 Å². The second kappa shape index (κ2) is 13.8. The number of hydrogen-bond acceptors (Lipinski definition) is 9. The number of carbonyl (C=O) groups is 4. The largest absolute Gasteiger partial charge is 0.463 e. The third-order valence-electron chi connectivity index (χ3n) is 4.48. The number of ether oxygens (including phenoxy) is 5. The van der Waals surface area contributed by atoms with Gasteiger partial charge in [0, 0.05) is 34.3 Å². The van der Waals surface area contributed by atoms with E-state index in [1.807, 2.05) is 6.08 Å². The van der Waals surface area contributed by atoms with Crippen LogP contribution >= 0.6 is 0 Å². The third-order valence-corrected chi connectivity index (χ3v) is 4.48. The molecule has 5 atom stereocenters. The minimum Gasteiger partial charge on any atom is -0.463 e. The lowest BCUT2D eigenvalue weighted by molar-refractivity contribution is -0.182. The Morgan fingerprint density at radius 1 is 1.00 bits per heavy atom. The van der Waals surface area contributed by atoms with Gasteiger partial charge in [-0.25, -0.2) is 0 Å². The minimum atomic E-state index is -1.13. The van der Waals surface area contributed by atoms with Crippen molar-refractivity contribution >= 4 is 23.8 Å². The van der Waals surface area contributed by atoms with Crippen LogP contribution in [-0.2, 0) is 42.9 Å². The smallest absolute Gasteiger partial charge is 0.303 e. The maximum atomic E-state index is 11.9. The van der Waals surface area contributed by atoms with E-state index in [1.165, 1.54) is 27.7 Å². The van der Waals surface area contributed by atoms with Gasteiger partial charge in [0.15, 0.2) is 12.2 Å². The lowest BCUT2D eigenvalue weighted by Gasteiger charge is -2.35. The predicted octanol–water partition coefficient (Wildman–Crippen LogP) is 1.06. The Morgan fingerprint density at radius 3 is 2.19 bits per heavy atom. The molecule has 10 heteroatoms. The van der Waals surface area contributed by atoms with Crippen molar-refractivity contribution in [2.45, 2.75) is 77.4 Å². The summed E-state index contributed by atoms with van der Waals surface area (Å²) in [7, 11) is 0. The first-order valence-electron chi connectivity index (χ1n) is 10.2. The third kappa shape index (κ3) is 9.93. The van der Waals surface area contributed by atoms with Crippen molar-refractivity contribution in [1.82, 2.24) is 5.32 Å². The Kier molecular flexibility index (Phi) is 11.8. The number of carbonyl (C=O) groups excluding carboxylic acids is 4. The summed E-state index contributed by atoms with van der Waals surface area (Å²) in [6.45, 7) is 8.76. The first kappa shape index (κ1) is 26.6. The summed E-state index contributed by atoms with van der Waals surface area (Å²) in [6.07, 6.45) is 0.403. The van der Waals surface area contributed by atoms with E-state index in [-0.39, 0.29) is 19.1 Å². The quantitative estimate of drug-likeness (QED) is 0.216. The zero-order valence-corrected chi connectivity index (χ0v) is 18.6. The van der Waals surface area contributed by atoms with E-state index in [0.29, 0.717) is 6.61 Å². The number of rotatable bonds is 11. The highest BCUT2D eigenvalue weighted by Gasteiger charge is 2.48. The van der Waals surface area contributed by atoms with E-state index >= 15 is 0 Å². The van der Waals surface area contributed by atoms with Crippen LogP contribution in [0.25, 0.3) is 0 Å². The molecular formula is C21H33NO9. The van der Waals surface area contributed by atoms with Crippen LogP contribution in [0, 0.1) is 0 Å². The Bertz CT molecular complexity index is 636. The molecule has 1 amide bonds. The molecule has 1 N–H and O–H groups in total. The van der Waals surface area contributed by atoms with Gasteiger partial charge in [0.1, 0.15) is 18.8 Å². The normalized spacial score (nSPS) is 25.6. The van der Waals surface area contributed by atoms with Crippen molar-refractivity contribution < 1.29 is 42.9 Å². The van der Waals surface area contributed by atoms with E-state index in [1.54, 1.807) is 0 Å². The summed E-state index contributed by atoms with van der Waals surface area (Å²) in [4.78, 5) is 46.8. The van der Waals surface area contributed by atoms with Crippen molar-refractivity contribution in [2.24, 2.45) is 0 Å². The standard InChI is InChI=1S/C21H33NO9/c1-6-7-8-9-10-27-17-11-29-18(12-28-14(3)24)20(30-15(4)25)21(31-16(5)26)19(17)22-13(2)23/h6,17-21H,1,7-12H2,2-5H3,(H,22,23)/t17-,18+,19+,20-,21+/m0/s1. The van der Waals surface area contributed by atoms with Crippen LogP contribution in [0.4, 0.5) is 0 Å². The SMILES string of the molecule is C=CCCCCO[C@H]1CO[C@H](COC(C)=O)[C@H](OC(C)=O)[C@H](OC(C)=O)[C@@H]1NC(C)=O. The highest BCUT2D eigenvalue weighted by atomic mass is 16.6. The van der Waals surface area contributed by atoms with E-state index < -0.39 is 48.4 Å². The van der Waals surface area contributed by atoms with Crippen LogP contribution in [0.3, 0.4) is 0 Å². The summed E-state index contributed by atoms with van der Waals surface area (Å²) in [5, 5.41) is 2.73. The molecule has 0 bridgehead atoms. The number of nitrogens with one attached hydrogen (secondary N) is 1. The van der Waals surface area contributed by atoms with Gasteiger partial charge in [0.25, 0.3) is 0 Å². The summed E-state index contributed by atoms with van der Waals surface area (Å²) >= 11 is 0. The zero-order chi connectivity index (χ0) is 23.4. The summed E-state index contributed by atoms with van der Waals surface area (Å²) in [5.41, 5.74) is 0. The summed E-state index contributed by atoms with van der Waals surface area (Å²) in [6, 6.07) is -0.854. The summed E-state index contributed by atoms with van der Waals surface area (Å²) in [5.74, 6) is -2.23. The molecule has 0 aromatic heterocycles. The van der Waals surface area contributed by atoms with Gasteiger partial charge in [-0.3, -0.25) is 19.2 Å². The van der Waals surface area contributed by atoms with Crippen molar-refractivity contribution in [2.75, 3.05) is 19.8 Å². The van der Waals surface area contributed by atoms with Gasteiger partial charge < -0.3 is 29.0 Å². The number of unbranched alkanes of at least 4 members (excludes halogenated alkanes) is 2. The van der Waals surface area contributed by atoms with Crippen LogP contribution in [0.5, 0.6) is 0 Å². The number of hydrogen-bond donors (Lipinski definition) is 1. The first-order chi connectivity index (χ1) is 14.6. The molecule has 0 saturated carbocycles. The lowest BCUT2D eigenvalue weighted by atomic mass is 9.97. The molecule has 0 aromatic rings. The second-order valence-electron chi connectivity index (χ2n) is 7.24. The topological polar surface area (TPSA) is 126 Å². The average molecular weight is 443 g/mol. The van der Waals surface area contributed by atoms with Crippen LogP contribution in [-0.4, -0.2) is 74.1 Å². The molecular weight excluding hydrogens is 410 g/mol. The summed E-state index contributed by atoms with van der Waals surface area (Å²) < 4.78 is 27.7. The van der Waals surface area contributed by atoms with Crippen LogP contribution in [0.1, 0.15) is 47.0 Å². The van der Waals surface area contributed by atoms with Crippen molar-refractivity contribution in [3.63, 3.8) is 0 Å². The Balaban J connectivity index is 3.20. The molecule has 1 aliphatic rings. The molecule has 1 fully saturated rings. The van der Waals surface area contributed by atoms with Gasteiger partial charge in [0.2, 0.25) is 5.91 Å². The minimum absolute atomic E-state index is 0.00609. The molecule has 0 radical (unpaired) electrons. The van der Waals surface area contributed by atoms with Gasteiger partial charge in [-0.05, 0) is 19.3 Å². The molecule has 0 aliphatic carbocycles. The lowest BCUT2D eigenvalue weighted by Crippen LogP contribution is -2.58. The fraction of sp³-hybridized carbons (Fsp3) is 0.714. The molecule has 31 heavy (non-hydrogen) atoms. The van der Waals surface area contributed by atoms with Gasteiger partial charge in [-0.15, -0.1) is 6.58 Å². The molecule has 0 spiro atoms. The zero-order valence-electron chi connectivity index (χ0n) is 18.6. The number of allylic oxidation sites excluding steroid dienone is 1. The van der Waals surface area contributed by atoms with Crippen molar-refractivity contribution in [1.29, 1.82) is 0 Å². The molecule has 0 aromatic carbocycles. The molecule has 1 rings (SSSR count). The van der Waals surface area contributed by atoms with E-state index in [4.69, 9.17) is 23.7 Å². The number of amides is 1. The Morgan fingerprint density at radius 2 is 1.65 bits per heavy atom. The Hall–Kier alpha value is -2.46. The van der Waals surface area contributed by atoms with Crippen molar-refractivity contribution in [3.8, 4) is 0 Å². The molecule has 1 saturated heterocycles. The monoisotopic (exact) mass is 443 g/mol. The molecule has 176 valence electrons. The first-order valence-corrected chi connectivity index (χ1v) is 10.2. The fourth-order valence-electron chi connectivity index (χ4n) is 3.24. The van der Waals surface area contributed by atoms with Gasteiger partial charge in [-0.2, -0.15) is 0 Å². The maximum absolute atomic E-state index is 11.9. The fourth-order valence-corrected chi connectivity index (χ4v) is 3.24. The van der Waals surface area contributed by atoms with Gasteiger partial charge >= 0.3 is 17.9 Å². The van der Waals surface area contributed by atoms with Crippen molar-refractivity contribution in [3.05, 3.63) is 12.7 Å². The predicted molar refractivity (Wildman–Crippen MR) is 109 cm³/mol. The van der Waals surface area contributed by atoms with E-state index in [9.17, 15) is 19.2 Å². The van der Waals surface area contributed by atoms with Crippen LogP contribution in [0.15, 0.2) is 12.7 Å². The Labute approximate surface area is 182 Å². The average Bonchev–Trinajstić information content (AvgIpc) is 2.77. The van der Waals surface area contributed by atoms with Gasteiger partial charge in [0.05, 0.1) is 12.6 Å². The highest BCUT2D eigenvalue weighted by Crippen LogP contribution is 2.25. The molecule has 10 nitrogen and oxygen atoms in total. The van der Waals surface area contributed by atoms with E-state index in [2.05, 4.69) is 11.9 Å². The van der Waals surface area contributed by atoms with Crippen LogP contribution < -0.4 is 5.32 Å². The maximum Gasteiger partial charge on any atom is 0.303 e. The van der Waals surface area contributed by atoms with E-state index in [0.717, 1.165) is 19.3 Å². The van der Waals surface area contributed by atoms with Crippen LogP contribution in [0.2, 0.25) is 0 Å². The molecule has 0 unspecified atom stereocenters. The number of esters is 3. The molecule has 1 aliphatic heterocycles. The molecule has 1 heterocycles.